The number of nitrogens with zero attached hydrogens (tertiary/aromatic N) is 2. The highest BCUT2D eigenvalue weighted by molar-refractivity contribution is 5.79. The maximum Gasteiger partial charge on any atom is 0.223 e. The second-order valence-electron chi connectivity index (χ2n) is 6.59. The average Bonchev–Trinajstić information content (AvgIpc) is 3.02. The number of carbonyl (C=O) groups excluding carboxylic acids is 1. The minimum atomic E-state index is 0.190. The van der Waals surface area contributed by atoms with E-state index in [1.807, 2.05) is 36.1 Å². The minimum Gasteiger partial charge on any atom is -0.375 e. The normalized spacial score (nSPS) is 20.4. The number of carbonyl (C=O) groups is 1. The number of amides is 1. The van der Waals surface area contributed by atoms with Crippen LogP contribution in [0, 0.1) is 0 Å². The molecule has 0 N–H and O–H groups in total. The highest BCUT2D eigenvalue weighted by Crippen LogP contribution is 2.23. The summed E-state index contributed by atoms with van der Waals surface area (Å²) in [5.74, 6) is 0.190. The van der Waals surface area contributed by atoms with E-state index in [0.717, 1.165) is 35.9 Å². The lowest BCUT2D eigenvalue weighted by Gasteiger charge is -2.21. The number of fused-ring (bicyclic) bond motifs is 1. The summed E-state index contributed by atoms with van der Waals surface area (Å²) in [5.41, 5.74) is 1.92. The molecule has 1 aromatic heterocycles. The molecule has 0 spiro atoms. The molecule has 1 aliphatic rings. The Labute approximate surface area is 143 Å². The zero-order valence-corrected chi connectivity index (χ0v) is 14.6. The monoisotopic (exact) mass is 326 g/mol. The van der Waals surface area contributed by atoms with Crippen molar-refractivity contribution in [3.8, 4) is 0 Å². The van der Waals surface area contributed by atoms with E-state index in [2.05, 4.69) is 24.0 Å². The predicted molar refractivity (Wildman–Crippen MR) is 95.6 cm³/mol. The van der Waals surface area contributed by atoms with Crippen LogP contribution in [-0.4, -0.2) is 34.5 Å². The van der Waals surface area contributed by atoms with Gasteiger partial charge in [0.05, 0.1) is 30.0 Å². The molecule has 4 heteroatoms. The van der Waals surface area contributed by atoms with Crippen LogP contribution in [0.25, 0.3) is 10.9 Å². The number of hydrogen-bond acceptors (Lipinski definition) is 3. The van der Waals surface area contributed by atoms with E-state index >= 15 is 0 Å². The van der Waals surface area contributed by atoms with Crippen LogP contribution < -0.4 is 0 Å². The molecule has 2 unspecified atom stereocenters. The van der Waals surface area contributed by atoms with E-state index in [1.54, 1.807) is 0 Å². The van der Waals surface area contributed by atoms with Gasteiger partial charge in [0, 0.05) is 18.4 Å². The summed E-state index contributed by atoms with van der Waals surface area (Å²) in [5, 5.41) is 1.13. The van der Waals surface area contributed by atoms with Crippen molar-refractivity contribution in [3.05, 3.63) is 42.1 Å². The Morgan fingerprint density at radius 3 is 2.83 bits per heavy atom. The van der Waals surface area contributed by atoms with E-state index < -0.39 is 0 Å². The van der Waals surface area contributed by atoms with Crippen LogP contribution in [-0.2, 0) is 16.1 Å². The molecular weight excluding hydrogens is 300 g/mol. The van der Waals surface area contributed by atoms with Gasteiger partial charge in [-0.05, 0) is 45.2 Å². The topological polar surface area (TPSA) is 42.4 Å². The van der Waals surface area contributed by atoms with Gasteiger partial charge in [0.15, 0.2) is 0 Å². The fraction of sp³-hybridized carbons (Fsp3) is 0.500. The largest absolute Gasteiger partial charge is 0.375 e. The van der Waals surface area contributed by atoms with Gasteiger partial charge in [0.2, 0.25) is 5.91 Å². The first-order valence-electron chi connectivity index (χ1n) is 8.93. The zero-order chi connectivity index (χ0) is 16.9. The summed E-state index contributed by atoms with van der Waals surface area (Å²) in [6.07, 6.45) is 4.16. The molecule has 1 saturated heterocycles. The Balaban J connectivity index is 1.59. The molecule has 1 fully saturated rings. The van der Waals surface area contributed by atoms with Gasteiger partial charge in [0.1, 0.15) is 0 Å². The quantitative estimate of drug-likeness (QED) is 0.808. The molecule has 128 valence electrons. The predicted octanol–water partition coefficient (Wildman–Crippen LogP) is 3.93. The maximum absolute atomic E-state index is 12.5. The van der Waals surface area contributed by atoms with Crippen LogP contribution in [0.1, 0.15) is 45.2 Å². The maximum atomic E-state index is 12.5. The molecular formula is C20H26N2O2. The third-order valence-electron chi connectivity index (χ3n) is 4.74. The molecule has 24 heavy (non-hydrogen) atoms. The first-order valence-corrected chi connectivity index (χ1v) is 8.93. The van der Waals surface area contributed by atoms with Gasteiger partial charge < -0.3 is 9.64 Å². The number of benzene rings is 1. The van der Waals surface area contributed by atoms with E-state index in [0.29, 0.717) is 25.6 Å². The van der Waals surface area contributed by atoms with Gasteiger partial charge in [0.25, 0.3) is 0 Å². The molecule has 4 nitrogen and oxygen atoms in total. The van der Waals surface area contributed by atoms with Crippen molar-refractivity contribution < 1.29 is 9.53 Å². The lowest BCUT2D eigenvalue weighted by atomic mass is 10.1. The smallest absolute Gasteiger partial charge is 0.223 e. The Morgan fingerprint density at radius 2 is 2.08 bits per heavy atom. The van der Waals surface area contributed by atoms with E-state index in [4.69, 9.17) is 4.74 Å². The minimum absolute atomic E-state index is 0.190. The van der Waals surface area contributed by atoms with Crippen LogP contribution in [0.4, 0.5) is 0 Å². The fourth-order valence-electron chi connectivity index (χ4n) is 3.31. The van der Waals surface area contributed by atoms with Gasteiger partial charge in [-0.2, -0.15) is 0 Å². The van der Waals surface area contributed by atoms with Gasteiger partial charge in [-0.1, -0.05) is 24.3 Å². The van der Waals surface area contributed by atoms with Crippen molar-refractivity contribution in [3.63, 3.8) is 0 Å². The highest BCUT2D eigenvalue weighted by atomic mass is 16.5. The number of rotatable bonds is 6. The van der Waals surface area contributed by atoms with E-state index in [-0.39, 0.29) is 12.0 Å². The number of pyridine rings is 1. The van der Waals surface area contributed by atoms with Gasteiger partial charge in [-0.3, -0.25) is 9.78 Å². The Morgan fingerprint density at radius 1 is 1.25 bits per heavy atom. The number of para-hydroxylation sites is 1. The molecule has 0 saturated carbocycles. The van der Waals surface area contributed by atoms with E-state index in [9.17, 15) is 4.79 Å². The van der Waals surface area contributed by atoms with Crippen molar-refractivity contribution in [2.45, 2.75) is 58.3 Å². The third-order valence-corrected chi connectivity index (χ3v) is 4.74. The van der Waals surface area contributed by atoms with E-state index in [1.165, 1.54) is 0 Å². The highest BCUT2D eigenvalue weighted by Gasteiger charge is 2.23. The summed E-state index contributed by atoms with van der Waals surface area (Å²) < 4.78 is 5.81. The molecule has 0 bridgehead atoms. The molecule has 0 radical (unpaired) electrons. The van der Waals surface area contributed by atoms with Gasteiger partial charge in [-0.25, -0.2) is 0 Å². The summed E-state index contributed by atoms with van der Waals surface area (Å²) in [7, 11) is 0. The van der Waals surface area contributed by atoms with Crippen LogP contribution in [0.5, 0.6) is 0 Å². The van der Waals surface area contributed by atoms with Crippen LogP contribution in [0.15, 0.2) is 36.4 Å². The summed E-state index contributed by atoms with van der Waals surface area (Å²) in [6, 6.07) is 12.2. The van der Waals surface area contributed by atoms with Crippen molar-refractivity contribution >= 4 is 16.8 Å². The number of aromatic nitrogens is 1. The molecule has 1 aromatic carbocycles. The SMILES string of the molecule is CCN(Cc1ccc2ccccc2n1)C(=O)CCC1CCC(C)O1. The molecule has 2 heterocycles. The Bertz CT molecular complexity index is 701. The third kappa shape index (κ3) is 4.12. The lowest BCUT2D eigenvalue weighted by Crippen LogP contribution is -2.31. The molecule has 1 amide bonds. The number of hydrogen-bond donors (Lipinski definition) is 0. The van der Waals surface area contributed by atoms with Crippen molar-refractivity contribution in [2.24, 2.45) is 0 Å². The molecule has 0 aliphatic carbocycles. The first-order chi connectivity index (χ1) is 11.7. The average molecular weight is 326 g/mol. The standard InChI is InChI=1S/C20H26N2O2/c1-3-22(20(23)13-12-18-11-8-15(2)24-18)14-17-10-9-16-6-4-5-7-19(16)21-17/h4-7,9-10,15,18H,3,8,11-14H2,1-2H3. The second-order valence-corrected chi connectivity index (χ2v) is 6.59. The van der Waals surface area contributed by atoms with Crippen LogP contribution in [0.2, 0.25) is 0 Å². The summed E-state index contributed by atoms with van der Waals surface area (Å²) in [4.78, 5) is 19.1. The Hall–Kier alpha value is -1.94. The lowest BCUT2D eigenvalue weighted by molar-refractivity contribution is -0.132. The van der Waals surface area contributed by atoms with Crippen molar-refractivity contribution in [2.75, 3.05) is 6.54 Å². The van der Waals surface area contributed by atoms with Gasteiger partial charge in [-0.15, -0.1) is 0 Å². The van der Waals surface area contributed by atoms with Crippen molar-refractivity contribution in [1.82, 2.24) is 9.88 Å². The fourth-order valence-corrected chi connectivity index (χ4v) is 3.31. The zero-order valence-electron chi connectivity index (χ0n) is 14.6. The van der Waals surface area contributed by atoms with Crippen LogP contribution >= 0.6 is 0 Å². The van der Waals surface area contributed by atoms with Crippen molar-refractivity contribution in [1.29, 1.82) is 0 Å². The molecule has 2 atom stereocenters. The van der Waals surface area contributed by atoms with Crippen LogP contribution in [0.3, 0.4) is 0 Å². The molecule has 3 rings (SSSR count). The van der Waals surface area contributed by atoms with Gasteiger partial charge >= 0.3 is 0 Å². The Kier molecular flexibility index (Phi) is 5.46. The first kappa shape index (κ1) is 16.9. The summed E-state index contributed by atoms with van der Waals surface area (Å²) >= 11 is 0. The number of ether oxygens (including phenoxy) is 1. The summed E-state index contributed by atoms with van der Waals surface area (Å²) in [6.45, 7) is 5.40. The molecule has 2 aromatic rings. The molecule has 1 aliphatic heterocycles. The second kappa shape index (κ2) is 7.75.